The lowest BCUT2D eigenvalue weighted by Gasteiger charge is -2.01. The van der Waals surface area contributed by atoms with Gasteiger partial charge in [0.2, 0.25) is 0 Å². The summed E-state index contributed by atoms with van der Waals surface area (Å²) >= 11 is 0. The first kappa shape index (κ1) is 13.0. The predicted octanol–water partition coefficient (Wildman–Crippen LogP) is 2.17. The van der Waals surface area contributed by atoms with E-state index in [1.807, 2.05) is 26.0 Å². The van der Waals surface area contributed by atoms with Gasteiger partial charge in [-0.2, -0.15) is 5.10 Å². The Kier molecular flexibility index (Phi) is 4.09. The Morgan fingerprint density at radius 1 is 1.32 bits per heavy atom. The Bertz CT molecular complexity index is 601. The molecule has 0 spiro atoms. The van der Waals surface area contributed by atoms with Gasteiger partial charge in [0.15, 0.2) is 5.78 Å². The van der Waals surface area contributed by atoms with Gasteiger partial charge in [-0.05, 0) is 12.1 Å². The Morgan fingerprint density at radius 2 is 2.05 bits per heavy atom. The smallest absolute Gasteiger partial charge is 0.184 e. The van der Waals surface area contributed by atoms with Gasteiger partial charge in [0.05, 0.1) is 0 Å². The Balaban J connectivity index is 2.06. The van der Waals surface area contributed by atoms with E-state index < -0.39 is 0 Å². The number of carbonyl (C=O) groups is 1. The molecule has 0 unspecified atom stereocenters. The molecule has 0 saturated heterocycles. The van der Waals surface area contributed by atoms with Crippen LogP contribution in [0.1, 0.15) is 29.8 Å². The van der Waals surface area contributed by atoms with Crippen molar-refractivity contribution >= 4 is 5.78 Å². The Labute approximate surface area is 112 Å². The zero-order chi connectivity index (χ0) is 13.7. The number of Topliss-reactive ketones (excluding diaryl/α,β-unsaturated/α-hetero) is 1. The standard InChI is InChI=1S/C15H15N3O/c1-12(2)3-4-13-5-7-14(8-6-13)15(19)9-18-11-16-10-17-18/h5-8,10-12H,9H2,1-2H3. The maximum Gasteiger partial charge on any atom is 0.184 e. The second-order valence-electron chi connectivity index (χ2n) is 4.52. The third kappa shape index (κ3) is 3.78. The van der Waals surface area contributed by atoms with Gasteiger partial charge >= 0.3 is 0 Å². The highest BCUT2D eigenvalue weighted by Gasteiger charge is 2.06. The van der Waals surface area contributed by atoms with Crippen molar-refractivity contribution in [2.24, 2.45) is 5.92 Å². The molecule has 1 aromatic heterocycles. The van der Waals surface area contributed by atoms with E-state index in [0.29, 0.717) is 11.5 Å². The van der Waals surface area contributed by atoms with E-state index >= 15 is 0 Å². The molecule has 0 fully saturated rings. The van der Waals surface area contributed by atoms with Gasteiger partial charge in [0, 0.05) is 17.0 Å². The van der Waals surface area contributed by atoms with Gasteiger partial charge in [0.1, 0.15) is 19.2 Å². The minimum Gasteiger partial charge on any atom is -0.292 e. The largest absolute Gasteiger partial charge is 0.292 e. The molecule has 96 valence electrons. The third-order valence-corrected chi connectivity index (χ3v) is 2.48. The van der Waals surface area contributed by atoms with Crippen LogP contribution < -0.4 is 0 Å². The zero-order valence-electron chi connectivity index (χ0n) is 11.0. The van der Waals surface area contributed by atoms with Gasteiger partial charge in [-0.25, -0.2) is 9.67 Å². The van der Waals surface area contributed by atoms with Crippen LogP contribution in [0.4, 0.5) is 0 Å². The van der Waals surface area contributed by atoms with Crippen LogP contribution in [0.15, 0.2) is 36.9 Å². The molecular formula is C15H15N3O. The quantitative estimate of drug-likeness (QED) is 0.622. The molecule has 4 nitrogen and oxygen atoms in total. The van der Waals surface area contributed by atoms with Crippen molar-refractivity contribution in [3.05, 3.63) is 48.0 Å². The van der Waals surface area contributed by atoms with Gasteiger partial charge in [-0.1, -0.05) is 37.8 Å². The average molecular weight is 253 g/mol. The van der Waals surface area contributed by atoms with E-state index in [1.54, 1.807) is 12.1 Å². The topological polar surface area (TPSA) is 47.8 Å². The molecule has 4 heteroatoms. The van der Waals surface area contributed by atoms with Crippen LogP contribution in [0.25, 0.3) is 0 Å². The highest BCUT2D eigenvalue weighted by atomic mass is 16.1. The molecule has 2 aromatic rings. The predicted molar refractivity (Wildman–Crippen MR) is 72.5 cm³/mol. The van der Waals surface area contributed by atoms with Crippen LogP contribution in [0.5, 0.6) is 0 Å². The fraction of sp³-hybridized carbons (Fsp3) is 0.267. The maximum absolute atomic E-state index is 12.0. The molecule has 0 aliphatic heterocycles. The van der Waals surface area contributed by atoms with Crippen molar-refractivity contribution in [1.29, 1.82) is 0 Å². The molecule has 1 aromatic carbocycles. The first-order valence-corrected chi connectivity index (χ1v) is 6.12. The summed E-state index contributed by atoms with van der Waals surface area (Å²) in [6.07, 6.45) is 2.94. The summed E-state index contributed by atoms with van der Waals surface area (Å²) in [6, 6.07) is 7.32. The molecule has 1 heterocycles. The van der Waals surface area contributed by atoms with Gasteiger partial charge < -0.3 is 0 Å². The van der Waals surface area contributed by atoms with Crippen molar-refractivity contribution in [3.63, 3.8) is 0 Å². The summed E-state index contributed by atoms with van der Waals surface area (Å²) in [7, 11) is 0. The molecule has 0 amide bonds. The normalized spacial score (nSPS) is 10.1. The van der Waals surface area contributed by atoms with E-state index in [2.05, 4.69) is 21.9 Å². The van der Waals surface area contributed by atoms with Crippen LogP contribution in [-0.2, 0) is 6.54 Å². The minimum absolute atomic E-state index is 0.00821. The number of carbonyl (C=O) groups excluding carboxylic acids is 1. The number of aromatic nitrogens is 3. The summed E-state index contributed by atoms with van der Waals surface area (Å²) in [5.74, 6) is 6.51. The molecular weight excluding hydrogens is 238 g/mol. The second kappa shape index (κ2) is 5.96. The lowest BCUT2D eigenvalue weighted by molar-refractivity contribution is 0.0967. The number of nitrogens with zero attached hydrogens (tertiary/aromatic N) is 3. The SMILES string of the molecule is CC(C)C#Cc1ccc(C(=O)Cn2cncn2)cc1. The zero-order valence-corrected chi connectivity index (χ0v) is 11.0. The van der Waals surface area contributed by atoms with E-state index in [9.17, 15) is 4.79 Å². The highest BCUT2D eigenvalue weighted by molar-refractivity contribution is 5.95. The molecule has 0 saturated carbocycles. The summed E-state index contributed by atoms with van der Waals surface area (Å²) in [4.78, 5) is 15.8. The lowest BCUT2D eigenvalue weighted by atomic mass is 10.1. The molecule has 19 heavy (non-hydrogen) atoms. The summed E-state index contributed by atoms with van der Waals surface area (Å²) in [5.41, 5.74) is 1.58. The molecule has 0 bridgehead atoms. The molecule has 0 N–H and O–H groups in total. The van der Waals surface area contributed by atoms with Crippen LogP contribution >= 0.6 is 0 Å². The van der Waals surface area contributed by atoms with E-state index in [-0.39, 0.29) is 12.3 Å². The van der Waals surface area contributed by atoms with Crippen molar-refractivity contribution in [2.45, 2.75) is 20.4 Å². The second-order valence-corrected chi connectivity index (χ2v) is 4.52. The summed E-state index contributed by atoms with van der Waals surface area (Å²) < 4.78 is 1.51. The van der Waals surface area contributed by atoms with Crippen molar-refractivity contribution in [1.82, 2.24) is 14.8 Å². The van der Waals surface area contributed by atoms with E-state index in [0.717, 1.165) is 5.56 Å². The van der Waals surface area contributed by atoms with Crippen LogP contribution in [0, 0.1) is 17.8 Å². The number of hydrogen-bond donors (Lipinski definition) is 0. The maximum atomic E-state index is 12.0. The number of hydrogen-bond acceptors (Lipinski definition) is 3. The molecule has 2 rings (SSSR count). The average Bonchev–Trinajstić information content (AvgIpc) is 2.89. The molecule has 0 aliphatic carbocycles. The van der Waals surface area contributed by atoms with Crippen LogP contribution in [-0.4, -0.2) is 20.5 Å². The van der Waals surface area contributed by atoms with Crippen LogP contribution in [0.3, 0.4) is 0 Å². The molecule has 0 atom stereocenters. The highest BCUT2D eigenvalue weighted by Crippen LogP contribution is 2.06. The van der Waals surface area contributed by atoms with Crippen molar-refractivity contribution in [3.8, 4) is 11.8 Å². The van der Waals surface area contributed by atoms with E-state index in [1.165, 1.54) is 17.3 Å². The molecule has 0 aliphatic rings. The van der Waals surface area contributed by atoms with Gasteiger partial charge in [-0.3, -0.25) is 4.79 Å². The summed E-state index contributed by atoms with van der Waals surface area (Å²) in [5, 5.41) is 3.91. The first-order valence-electron chi connectivity index (χ1n) is 6.12. The minimum atomic E-state index is 0.00821. The number of ketones is 1. The summed E-state index contributed by atoms with van der Waals surface area (Å²) in [6.45, 7) is 4.29. The van der Waals surface area contributed by atoms with Gasteiger partial charge in [-0.15, -0.1) is 0 Å². The number of rotatable bonds is 3. The Hall–Kier alpha value is -2.41. The first-order chi connectivity index (χ1) is 9.15. The fourth-order valence-corrected chi connectivity index (χ4v) is 1.52. The van der Waals surface area contributed by atoms with Crippen molar-refractivity contribution < 1.29 is 4.79 Å². The van der Waals surface area contributed by atoms with Gasteiger partial charge in [0.25, 0.3) is 0 Å². The van der Waals surface area contributed by atoms with Crippen molar-refractivity contribution in [2.75, 3.05) is 0 Å². The monoisotopic (exact) mass is 253 g/mol. The van der Waals surface area contributed by atoms with E-state index in [4.69, 9.17) is 0 Å². The number of benzene rings is 1. The lowest BCUT2D eigenvalue weighted by Crippen LogP contribution is -2.10. The third-order valence-electron chi connectivity index (χ3n) is 2.48. The van der Waals surface area contributed by atoms with Crippen LogP contribution in [0.2, 0.25) is 0 Å². The Morgan fingerprint density at radius 3 is 2.63 bits per heavy atom. The molecule has 0 radical (unpaired) electrons. The fourth-order valence-electron chi connectivity index (χ4n) is 1.52.